The number of unbranched alkanes of at least 4 members (excludes halogenated alkanes) is 2. The number of benzene rings is 1. The summed E-state index contributed by atoms with van der Waals surface area (Å²) in [7, 11) is -3.66. The fourth-order valence-corrected chi connectivity index (χ4v) is 5.75. The summed E-state index contributed by atoms with van der Waals surface area (Å²) in [5, 5.41) is 0. The molecular formula is C20H30O3S. The third-order valence-electron chi connectivity index (χ3n) is 6.24. The number of fused-ring (bicyclic) bond motifs is 3. The van der Waals surface area contributed by atoms with Crippen LogP contribution in [0, 0.1) is 12.3 Å². The standard InChI is InChI=1S/C20H30O3S/c1-3-4-5-10-19-11-14-20(15-12-19,16-13-19)23-24(21,22)18-8-6-17(2)7-9-18/h6-9H,3-5,10-16H2,1-2H3. The van der Waals surface area contributed by atoms with Crippen molar-refractivity contribution < 1.29 is 12.6 Å². The summed E-state index contributed by atoms with van der Waals surface area (Å²) in [4.78, 5) is 0.285. The van der Waals surface area contributed by atoms with E-state index in [1.807, 2.05) is 19.1 Å². The van der Waals surface area contributed by atoms with E-state index < -0.39 is 15.7 Å². The Balaban J connectivity index is 1.66. The van der Waals surface area contributed by atoms with Gasteiger partial charge in [0, 0.05) is 0 Å². The summed E-state index contributed by atoms with van der Waals surface area (Å²) >= 11 is 0. The van der Waals surface area contributed by atoms with Crippen molar-refractivity contribution in [3.8, 4) is 0 Å². The van der Waals surface area contributed by atoms with Gasteiger partial charge < -0.3 is 0 Å². The lowest BCUT2D eigenvalue weighted by molar-refractivity contribution is -0.0737. The second-order valence-corrected chi connectivity index (χ2v) is 9.54. The van der Waals surface area contributed by atoms with E-state index >= 15 is 0 Å². The van der Waals surface area contributed by atoms with Gasteiger partial charge in [-0.25, -0.2) is 0 Å². The summed E-state index contributed by atoms with van der Waals surface area (Å²) in [6.45, 7) is 4.20. The molecule has 0 saturated heterocycles. The van der Waals surface area contributed by atoms with E-state index in [4.69, 9.17) is 4.18 Å². The topological polar surface area (TPSA) is 43.4 Å². The number of rotatable bonds is 7. The van der Waals surface area contributed by atoms with E-state index in [1.165, 1.54) is 25.7 Å². The Morgan fingerprint density at radius 1 is 0.958 bits per heavy atom. The highest BCUT2D eigenvalue weighted by molar-refractivity contribution is 7.86. The van der Waals surface area contributed by atoms with Gasteiger partial charge in [0.2, 0.25) is 0 Å². The first-order valence-corrected chi connectivity index (χ1v) is 10.8. The molecule has 1 aromatic carbocycles. The van der Waals surface area contributed by atoms with Gasteiger partial charge in [-0.05, 0) is 69.4 Å². The van der Waals surface area contributed by atoms with Crippen molar-refractivity contribution in [2.24, 2.45) is 5.41 Å². The molecule has 0 N–H and O–H groups in total. The molecule has 3 aliphatic rings. The highest BCUT2D eigenvalue weighted by Crippen LogP contribution is 2.56. The van der Waals surface area contributed by atoms with E-state index in [9.17, 15) is 8.42 Å². The predicted molar refractivity (Wildman–Crippen MR) is 96.5 cm³/mol. The average molecular weight is 351 g/mol. The van der Waals surface area contributed by atoms with Crippen LogP contribution in [0.3, 0.4) is 0 Å². The Bertz CT molecular complexity index is 636. The zero-order chi connectivity index (χ0) is 17.3. The third kappa shape index (κ3) is 3.70. The van der Waals surface area contributed by atoms with Crippen LogP contribution < -0.4 is 0 Å². The summed E-state index contributed by atoms with van der Waals surface area (Å²) in [6, 6.07) is 6.97. The van der Waals surface area contributed by atoms with E-state index in [0.717, 1.165) is 44.1 Å². The summed E-state index contributed by atoms with van der Waals surface area (Å²) in [6.07, 6.45) is 11.2. The number of aryl methyl sites for hydroxylation is 1. The molecule has 0 atom stereocenters. The van der Waals surface area contributed by atoms with Gasteiger partial charge >= 0.3 is 0 Å². The maximum atomic E-state index is 12.7. The minimum Gasteiger partial charge on any atom is -0.260 e. The van der Waals surface area contributed by atoms with Crippen molar-refractivity contribution in [1.82, 2.24) is 0 Å². The van der Waals surface area contributed by atoms with Crippen molar-refractivity contribution in [2.75, 3.05) is 0 Å². The highest BCUT2D eigenvalue weighted by atomic mass is 32.2. The van der Waals surface area contributed by atoms with Crippen LogP contribution in [-0.4, -0.2) is 14.0 Å². The number of hydrogen-bond donors (Lipinski definition) is 0. The van der Waals surface area contributed by atoms with Crippen LogP contribution >= 0.6 is 0 Å². The van der Waals surface area contributed by atoms with Crippen LogP contribution in [0.4, 0.5) is 0 Å². The molecule has 3 saturated carbocycles. The van der Waals surface area contributed by atoms with Gasteiger partial charge in [-0.15, -0.1) is 0 Å². The van der Waals surface area contributed by atoms with Gasteiger partial charge in [0.25, 0.3) is 10.1 Å². The van der Waals surface area contributed by atoms with Crippen molar-refractivity contribution >= 4 is 10.1 Å². The maximum Gasteiger partial charge on any atom is 0.297 e. The van der Waals surface area contributed by atoms with Gasteiger partial charge in [0.1, 0.15) is 0 Å². The molecule has 0 aliphatic heterocycles. The Kier molecular flexibility index (Phi) is 5.08. The van der Waals surface area contributed by atoms with Gasteiger partial charge in [-0.2, -0.15) is 8.42 Å². The Morgan fingerprint density at radius 2 is 1.54 bits per heavy atom. The Morgan fingerprint density at radius 3 is 2.08 bits per heavy atom. The fraction of sp³-hybridized carbons (Fsp3) is 0.700. The highest BCUT2D eigenvalue weighted by Gasteiger charge is 2.50. The molecule has 134 valence electrons. The smallest absolute Gasteiger partial charge is 0.260 e. The van der Waals surface area contributed by atoms with Crippen LogP contribution in [0.5, 0.6) is 0 Å². The number of hydrogen-bond acceptors (Lipinski definition) is 3. The molecule has 3 fully saturated rings. The van der Waals surface area contributed by atoms with Gasteiger partial charge in [-0.1, -0.05) is 43.9 Å². The third-order valence-corrected chi connectivity index (χ3v) is 7.66. The normalized spacial score (nSPS) is 29.8. The first kappa shape index (κ1) is 17.9. The molecule has 0 heterocycles. The molecule has 0 spiro atoms. The lowest BCUT2D eigenvalue weighted by Gasteiger charge is -2.52. The molecule has 0 amide bonds. The minimum atomic E-state index is -3.66. The lowest BCUT2D eigenvalue weighted by atomic mass is 9.57. The maximum absolute atomic E-state index is 12.7. The van der Waals surface area contributed by atoms with Crippen molar-refractivity contribution in [1.29, 1.82) is 0 Å². The molecule has 0 unspecified atom stereocenters. The lowest BCUT2D eigenvalue weighted by Crippen LogP contribution is -2.48. The molecule has 0 aromatic heterocycles. The van der Waals surface area contributed by atoms with Crippen LogP contribution in [-0.2, 0) is 14.3 Å². The van der Waals surface area contributed by atoms with Gasteiger partial charge in [-0.3, -0.25) is 4.18 Å². The largest absolute Gasteiger partial charge is 0.297 e. The van der Waals surface area contributed by atoms with Crippen LogP contribution in [0.15, 0.2) is 29.2 Å². The molecule has 0 radical (unpaired) electrons. The van der Waals surface area contributed by atoms with Crippen LogP contribution in [0.1, 0.15) is 76.7 Å². The van der Waals surface area contributed by atoms with Crippen molar-refractivity contribution in [3.05, 3.63) is 29.8 Å². The Labute approximate surface area is 146 Å². The Hall–Kier alpha value is -0.870. The fourth-order valence-electron chi connectivity index (χ4n) is 4.46. The summed E-state index contributed by atoms with van der Waals surface area (Å²) in [5.41, 5.74) is 1.07. The van der Waals surface area contributed by atoms with E-state index in [2.05, 4.69) is 6.92 Å². The zero-order valence-corrected chi connectivity index (χ0v) is 15.8. The predicted octanol–water partition coefficient (Wildman–Crippen LogP) is 5.37. The quantitative estimate of drug-likeness (QED) is 0.490. The van der Waals surface area contributed by atoms with E-state index in [1.54, 1.807) is 12.1 Å². The molecule has 24 heavy (non-hydrogen) atoms. The van der Waals surface area contributed by atoms with Crippen LogP contribution in [0.2, 0.25) is 0 Å². The van der Waals surface area contributed by atoms with E-state index in [0.29, 0.717) is 5.41 Å². The summed E-state index contributed by atoms with van der Waals surface area (Å²) in [5.74, 6) is 0. The van der Waals surface area contributed by atoms with Gasteiger partial charge in [0.15, 0.2) is 0 Å². The second kappa shape index (κ2) is 6.80. The zero-order valence-electron chi connectivity index (χ0n) is 15.0. The molecule has 4 rings (SSSR count). The monoisotopic (exact) mass is 350 g/mol. The van der Waals surface area contributed by atoms with Crippen molar-refractivity contribution in [2.45, 2.75) is 88.6 Å². The molecule has 3 aliphatic carbocycles. The first-order valence-electron chi connectivity index (χ1n) is 9.41. The minimum absolute atomic E-state index is 0.285. The molecule has 1 aromatic rings. The first-order chi connectivity index (χ1) is 11.4. The van der Waals surface area contributed by atoms with Crippen LogP contribution in [0.25, 0.3) is 0 Å². The second-order valence-electron chi connectivity index (χ2n) is 7.99. The molecule has 2 bridgehead atoms. The average Bonchev–Trinajstić information content (AvgIpc) is 2.57. The SMILES string of the molecule is CCCCCC12CCC(OS(=O)(=O)c3ccc(C)cc3)(CC1)CC2. The molecule has 4 heteroatoms. The molecule has 3 nitrogen and oxygen atoms in total. The summed E-state index contributed by atoms with van der Waals surface area (Å²) < 4.78 is 31.1. The van der Waals surface area contributed by atoms with Crippen molar-refractivity contribution in [3.63, 3.8) is 0 Å². The van der Waals surface area contributed by atoms with Gasteiger partial charge in [0.05, 0.1) is 10.5 Å². The molecular weight excluding hydrogens is 320 g/mol. The van der Waals surface area contributed by atoms with E-state index in [-0.39, 0.29) is 4.90 Å².